The van der Waals surface area contributed by atoms with Crippen molar-refractivity contribution in [3.63, 3.8) is 0 Å². The molecule has 8 heteroatoms. The summed E-state index contributed by atoms with van der Waals surface area (Å²) in [4.78, 5) is 36.1. The molecule has 0 unspecified atom stereocenters. The monoisotopic (exact) mass is 444 g/mol. The summed E-state index contributed by atoms with van der Waals surface area (Å²) in [6, 6.07) is 4.68. The number of hydrogen-bond acceptors (Lipinski definition) is 7. The van der Waals surface area contributed by atoms with Gasteiger partial charge in [0.1, 0.15) is 39.9 Å². The number of phenols is 3. The molecule has 0 radical (unpaired) electrons. The minimum Gasteiger partial charge on any atom is -0.508 e. The first kappa shape index (κ1) is 24.7. The zero-order valence-corrected chi connectivity index (χ0v) is 18.2. The number of carbonyl (C=O) groups is 3. The van der Waals surface area contributed by atoms with E-state index in [0.717, 1.165) is 25.0 Å². The number of aryl methyl sites for hydroxylation is 2. The Morgan fingerprint density at radius 2 is 1.50 bits per heavy atom. The fourth-order valence-electron chi connectivity index (χ4n) is 3.44. The molecule has 0 saturated heterocycles. The molecular weight excluding hydrogens is 416 g/mol. The van der Waals surface area contributed by atoms with Crippen LogP contribution in [0.2, 0.25) is 0 Å². The molecule has 0 spiro atoms. The number of hydrogen-bond donors (Lipinski definition) is 4. The molecule has 0 aliphatic rings. The average Bonchev–Trinajstić information content (AvgIpc) is 2.70. The summed E-state index contributed by atoms with van der Waals surface area (Å²) in [5.41, 5.74) is 0.120. The third-order valence-electron chi connectivity index (χ3n) is 5.10. The molecule has 4 N–H and O–H groups in total. The second kappa shape index (κ2) is 11.2. The van der Waals surface area contributed by atoms with E-state index in [2.05, 4.69) is 0 Å². The van der Waals surface area contributed by atoms with E-state index < -0.39 is 23.4 Å². The summed E-state index contributed by atoms with van der Waals surface area (Å²) in [5, 5.41) is 39.7. The Hall–Kier alpha value is -3.55. The minimum atomic E-state index is -1.29. The Balaban J connectivity index is 2.37. The van der Waals surface area contributed by atoms with Crippen LogP contribution in [0.3, 0.4) is 0 Å². The molecule has 2 rings (SSSR count). The van der Waals surface area contributed by atoms with Crippen LogP contribution in [0.5, 0.6) is 23.0 Å². The van der Waals surface area contributed by atoms with Gasteiger partial charge in [-0.3, -0.25) is 4.79 Å². The molecule has 0 aromatic heterocycles. The van der Waals surface area contributed by atoms with E-state index in [1.54, 1.807) is 6.92 Å². The van der Waals surface area contributed by atoms with E-state index in [1.807, 2.05) is 6.92 Å². The molecule has 0 aliphatic heterocycles. The van der Waals surface area contributed by atoms with Crippen LogP contribution in [0.1, 0.15) is 77.8 Å². The van der Waals surface area contributed by atoms with E-state index in [1.165, 1.54) is 12.1 Å². The van der Waals surface area contributed by atoms with E-state index in [9.17, 15) is 34.8 Å². The van der Waals surface area contributed by atoms with Gasteiger partial charge in [0.2, 0.25) is 0 Å². The van der Waals surface area contributed by atoms with Gasteiger partial charge in [0.05, 0.1) is 0 Å². The first-order valence-corrected chi connectivity index (χ1v) is 10.6. The van der Waals surface area contributed by atoms with Gasteiger partial charge in [-0.2, -0.15) is 0 Å². The van der Waals surface area contributed by atoms with E-state index >= 15 is 0 Å². The van der Waals surface area contributed by atoms with Crippen LogP contribution < -0.4 is 4.74 Å². The Bertz CT molecular complexity index is 1010. The minimum absolute atomic E-state index is 0.0435. The molecule has 2 aromatic carbocycles. The molecule has 0 amide bonds. The number of carboxylic acids is 1. The van der Waals surface area contributed by atoms with Crippen molar-refractivity contribution in [1.82, 2.24) is 0 Å². The largest absolute Gasteiger partial charge is 0.508 e. The molecule has 0 fully saturated rings. The lowest BCUT2D eigenvalue weighted by Crippen LogP contribution is -2.13. The van der Waals surface area contributed by atoms with Crippen LogP contribution in [0.15, 0.2) is 24.3 Å². The van der Waals surface area contributed by atoms with Crippen LogP contribution in [-0.4, -0.2) is 38.1 Å². The van der Waals surface area contributed by atoms with Crippen molar-refractivity contribution < 1.29 is 39.5 Å². The number of aromatic carboxylic acids is 1. The summed E-state index contributed by atoms with van der Waals surface area (Å²) < 4.78 is 5.34. The van der Waals surface area contributed by atoms with Crippen molar-refractivity contribution >= 4 is 17.7 Å². The molecular formula is C24H28O8. The molecule has 2 aromatic rings. The quantitative estimate of drug-likeness (QED) is 0.227. The highest BCUT2D eigenvalue weighted by atomic mass is 16.5. The topological polar surface area (TPSA) is 141 Å². The predicted molar refractivity (Wildman–Crippen MR) is 117 cm³/mol. The van der Waals surface area contributed by atoms with Gasteiger partial charge in [-0.25, -0.2) is 9.59 Å². The number of carbonyl (C=O) groups excluding carboxylic acids is 2. The highest BCUT2D eigenvalue weighted by Crippen LogP contribution is 2.33. The van der Waals surface area contributed by atoms with Gasteiger partial charge >= 0.3 is 11.9 Å². The third kappa shape index (κ3) is 6.23. The Kier molecular flexibility index (Phi) is 8.63. The Labute approximate surface area is 186 Å². The Morgan fingerprint density at radius 1 is 0.844 bits per heavy atom. The molecule has 32 heavy (non-hydrogen) atoms. The number of Topliss-reactive ketones (excluding diaryl/α,β-unsaturated/α-hetero) is 1. The van der Waals surface area contributed by atoms with Crippen molar-refractivity contribution in [2.24, 2.45) is 0 Å². The second-order valence-corrected chi connectivity index (χ2v) is 7.52. The number of rotatable bonds is 11. The fraction of sp³-hybridized carbons (Fsp3) is 0.375. The molecule has 0 heterocycles. The lowest BCUT2D eigenvalue weighted by atomic mass is 9.99. The number of benzene rings is 2. The lowest BCUT2D eigenvalue weighted by molar-refractivity contribution is -0.118. The third-order valence-corrected chi connectivity index (χ3v) is 5.10. The maximum Gasteiger partial charge on any atom is 0.347 e. The fourth-order valence-corrected chi connectivity index (χ4v) is 3.44. The maximum atomic E-state index is 12.8. The van der Waals surface area contributed by atoms with E-state index in [0.29, 0.717) is 24.8 Å². The van der Waals surface area contributed by atoms with Crippen LogP contribution >= 0.6 is 0 Å². The number of ether oxygens (including phenoxy) is 1. The molecule has 8 nitrogen and oxygen atoms in total. The first-order valence-electron chi connectivity index (χ1n) is 10.6. The van der Waals surface area contributed by atoms with Crippen molar-refractivity contribution in [2.45, 2.75) is 58.8 Å². The molecule has 172 valence electrons. The Morgan fingerprint density at radius 3 is 2.12 bits per heavy atom. The molecule has 0 saturated carbocycles. The van der Waals surface area contributed by atoms with Crippen LogP contribution in [0.4, 0.5) is 0 Å². The average molecular weight is 444 g/mol. The van der Waals surface area contributed by atoms with Gasteiger partial charge in [-0.15, -0.1) is 0 Å². The highest BCUT2D eigenvalue weighted by Gasteiger charge is 2.23. The number of esters is 1. The van der Waals surface area contributed by atoms with E-state index in [-0.39, 0.29) is 46.8 Å². The molecule has 0 aliphatic carbocycles. The van der Waals surface area contributed by atoms with Crippen molar-refractivity contribution in [1.29, 1.82) is 0 Å². The standard InChI is InChI=1S/C24H28O8/c1-3-5-6-7-14-11-18(13-20(28)21(14)23(29)30)32-24(31)22-15(8-9-16(25)4-2)10-17(26)12-19(22)27/h10-13,26-28H,3-9H2,1-2H3,(H,29,30). The summed E-state index contributed by atoms with van der Waals surface area (Å²) in [6.07, 6.45) is 3.42. The van der Waals surface area contributed by atoms with Crippen LogP contribution in [0.25, 0.3) is 0 Å². The van der Waals surface area contributed by atoms with Crippen molar-refractivity contribution in [3.05, 3.63) is 46.5 Å². The normalized spacial score (nSPS) is 10.7. The summed E-state index contributed by atoms with van der Waals surface area (Å²) in [5.74, 6) is -3.67. The smallest absolute Gasteiger partial charge is 0.347 e. The zero-order valence-electron chi connectivity index (χ0n) is 18.2. The second-order valence-electron chi connectivity index (χ2n) is 7.52. The summed E-state index contributed by atoms with van der Waals surface area (Å²) >= 11 is 0. The number of unbranched alkanes of at least 4 members (excludes halogenated alkanes) is 2. The summed E-state index contributed by atoms with van der Waals surface area (Å²) in [7, 11) is 0. The molecule has 0 atom stereocenters. The first-order chi connectivity index (χ1) is 15.2. The van der Waals surface area contributed by atoms with Gasteiger partial charge in [-0.1, -0.05) is 26.7 Å². The maximum absolute atomic E-state index is 12.8. The van der Waals surface area contributed by atoms with Gasteiger partial charge in [0, 0.05) is 25.0 Å². The number of aromatic hydroxyl groups is 3. The van der Waals surface area contributed by atoms with Crippen LogP contribution in [-0.2, 0) is 17.6 Å². The number of phenolic OH excluding ortho intramolecular Hbond substituents is 2. The van der Waals surface area contributed by atoms with Gasteiger partial charge in [0.15, 0.2) is 0 Å². The van der Waals surface area contributed by atoms with Crippen LogP contribution in [0, 0.1) is 0 Å². The highest BCUT2D eigenvalue weighted by molar-refractivity contribution is 5.97. The number of carboxylic acid groups (broad SMARTS) is 1. The van der Waals surface area contributed by atoms with Crippen molar-refractivity contribution in [3.8, 4) is 23.0 Å². The predicted octanol–water partition coefficient (Wildman–Crippen LogP) is 4.37. The summed E-state index contributed by atoms with van der Waals surface area (Å²) in [6.45, 7) is 3.71. The van der Waals surface area contributed by atoms with Crippen molar-refractivity contribution in [2.75, 3.05) is 0 Å². The number of ketones is 1. The molecule has 0 bridgehead atoms. The van der Waals surface area contributed by atoms with Gasteiger partial charge in [-0.05, 0) is 42.5 Å². The zero-order chi connectivity index (χ0) is 23.8. The van der Waals surface area contributed by atoms with E-state index in [4.69, 9.17) is 4.74 Å². The lowest BCUT2D eigenvalue weighted by Gasteiger charge is -2.14. The SMILES string of the molecule is CCCCCc1cc(OC(=O)c2c(O)cc(O)cc2CCC(=O)CC)cc(O)c1C(=O)O. The van der Waals surface area contributed by atoms with Gasteiger partial charge in [0.25, 0.3) is 0 Å². The van der Waals surface area contributed by atoms with Gasteiger partial charge < -0.3 is 25.2 Å².